The van der Waals surface area contributed by atoms with E-state index in [1.165, 1.54) is 0 Å². The first-order chi connectivity index (χ1) is 13.5. The molecule has 146 valence electrons. The van der Waals surface area contributed by atoms with Crippen LogP contribution >= 0.6 is 0 Å². The number of rotatable bonds is 7. The molecule has 7 heteroatoms. The van der Waals surface area contributed by atoms with Gasteiger partial charge in [-0.2, -0.15) is 0 Å². The molecule has 3 rings (SSSR count). The Morgan fingerprint density at radius 1 is 1.11 bits per heavy atom. The number of methoxy groups -OCH3 is 1. The lowest BCUT2D eigenvalue weighted by atomic mass is 10.1. The van der Waals surface area contributed by atoms with Crippen molar-refractivity contribution in [2.75, 3.05) is 19.0 Å². The molecular formula is C21H24N4O3. The van der Waals surface area contributed by atoms with Crippen molar-refractivity contribution in [2.24, 2.45) is 5.92 Å². The molecular weight excluding hydrogens is 356 g/mol. The molecule has 2 aromatic heterocycles. The zero-order valence-electron chi connectivity index (χ0n) is 16.2. The number of amides is 2. The molecule has 28 heavy (non-hydrogen) atoms. The van der Waals surface area contributed by atoms with E-state index in [9.17, 15) is 9.59 Å². The van der Waals surface area contributed by atoms with Crippen LogP contribution in [0.5, 0.6) is 5.75 Å². The summed E-state index contributed by atoms with van der Waals surface area (Å²) in [7, 11) is 1.58. The molecule has 0 aliphatic rings. The molecule has 0 aliphatic carbocycles. The van der Waals surface area contributed by atoms with Crippen LogP contribution in [0.25, 0.3) is 5.52 Å². The van der Waals surface area contributed by atoms with Crippen LogP contribution in [0.15, 0.2) is 48.7 Å². The highest BCUT2D eigenvalue weighted by Gasteiger charge is 2.21. The van der Waals surface area contributed by atoms with Gasteiger partial charge in [0, 0.05) is 18.4 Å². The minimum atomic E-state index is -0.396. The average molecular weight is 380 g/mol. The zero-order valence-corrected chi connectivity index (χ0v) is 16.2. The molecule has 0 radical (unpaired) electrons. The Kier molecular flexibility index (Phi) is 5.93. The van der Waals surface area contributed by atoms with Gasteiger partial charge in [-0.3, -0.25) is 14.0 Å². The van der Waals surface area contributed by atoms with E-state index in [2.05, 4.69) is 29.5 Å². The van der Waals surface area contributed by atoms with Crippen molar-refractivity contribution in [3.63, 3.8) is 0 Å². The third-order valence-corrected chi connectivity index (χ3v) is 4.32. The van der Waals surface area contributed by atoms with E-state index in [1.54, 1.807) is 54.1 Å². The molecule has 2 amide bonds. The van der Waals surface area contributed by atoms with E-state index in [0.717, 1.165) is 6.42 Å². The number of hydrogen-bond donors (Lipinski definition) is 2. The van der Waals surface area contributed by atoms with Gasteiger partial charge in [0.25, 0.3) is 11.8 Å². The van der Waals surface area contributed by atoms with Crippen LogP contribution in [0.2, 0.25) is 0 Å². The molecule has 0 spiro atoms. The largest absolute Gasteiger partial charge is 0.497 e. The maximum atomic E-state index is 12.8. The molecule has 0 atom stereocenters. The standard InChI is InChI=1S/C21H24N4O3/c1-14(2)11-12-22-20(26)18-17-6-4-5-13-25(17)19(24-18)21(27)23-15-7-9-16(28-3)10-8-15/h4-10,13-14H,11-12H2,1-3H3,(H,22,26)(H,23,27). The predicted molar refractivity (Wildman–Crippen MR) is 108 cm³/mol. The highest BCUT2D eigenvalue weighted by atomic mass is 16.5. The molecule has 0 saturated heterocycles. The van der Waals surface area contributed by atoms with Crippen molar-refractivity contribution < 1.29 is 14.3 Å². The Morgan fingerprint density at radius 3 is 2.54 bits per heavy atom. The number of imidazole rings is 1. The summed E-state index contributed by atoms with van der Waals surface area (Å²) in [5, 5.41) is 5.68. The number of pyridine rings is 1. The fraction of sp³-hybridized carbons (Fsp3) is 0.286. The van der Waals surface area contributed by atoms with Crippen molar-refractivity contribution in [2.45, 2.75) is 20.3 Å². The van der Waals surface area contributed by atoms with Gasteiger partial charge < -0.3 is 15.4 Å². The Bertz CT molecular complexity index is 977. The van der Waals surface area contributed by atoms with Crippen LogP contribution in [-0.4, -0.2) is 34.9 Å². The molecule has 0 fully saturated rings. The third-order valence-electron chi connectivity index (χ3n) is 4.32. The maximum absolute atomic E-state index is 12.8. The first kappa shape index (κ1) is 19.4. The number of benzene rings is 1. The lowest BCUT2D eigenvalue weighted by molar-refractivity contribution is 0.0949. The number of nitrogens with zero attached hydrogens (tertiary/aromatic N) is 2. The summed E-state index contributed by atoms with van der Waals surface area (Å²) in [4.78, 5) is 29.7. The molecule has 1 aromatic carbocycles. The van der Waals surface area contributed by atoms with Gasteiger partial charge >= 0.3 is 0 Å². The van der Waals surface area contributed by atoms with Crippen molar-refractivity contribution in [1.82, 2.24) is 14.7 Å². The SMILES string of the molecule is COc1ccc(NC(=O)c2nc(C(=O)NCCC(C)C)c3ccccn23)cc1. The number of nitrogens with one attached hydrogen (secondary N) is 2. The Balaban J connectivity index is 1.84. The first-order valence-electron chi connectivity index (χ1n) is 9.20. The van der Waals surface area contributed by atoms with Crippen LogP contribution in [0.3, 0.4) is 0 Å². The van der Waals surface area contributed by atoms with Crippen LogP contribution in [0.4, 0.5) is 5.69 Å². The number of ether oxygens (including phenoxy) is 1. The summed E-state index contributed by atoms with van der Waals surface area (Å²) in [5.41, 5.74) is 1.44. The van der Waals surface area contributed by atoms with Crippen molar-refractivity contribution in [3.8, 4) is 5.75 Å². The summed E-state index contributed by atoms with van der Waals surface area (Å²) >= 11 is 0. The molecule has 0 unspecified atom stereocenters. The molecule has 2 heterocycles. The molecule has 0 saturated carbocycles. The van der Waals surface area contributed by atoms with Gasteiger partial charge in [0.1, 0.15) is 5.75 Å². The van der Waals surface area contributed by atoms with E-state index >= 15 is 0 Å². The predicted octanol–water partition coefficient (Wildman–Crippen LogP) is 3.37. The van der Waals surface area contributed by atoms with Crippen molar-refractivity contribution in [3.05, 3.63) is 60.2 Å². The fourth-order valence-corrected chi connectivity index (χ4v) is 2.78. The minimum absolute atomic E-state index is 0.153. The lowest BCUT2D eigenvalue weighted by Crippen LogP contribution is -2.26. The lowest BCUT2D eigenvalue weighted by Gasteiger charge is -2.05. The smallest absolute Gasteiger partial charge is 0.292 e. The van der Waals surface area contributed by atoms with Crippen LogP contribution in [-0.2, 0) is 0 Å². The molecule has 0 bridgehead atoms. The minimum Gasteiger partial charge on any atom is -0.497 e. The monoisotopic (exact) mass is 380 g/mol. The third kappa shape index (κ3) is 4.31. The van der Waals surface area contributed by atoms with E-state index in [4.69, 9.17) is 4.74 Å². The number of carbonyl (C=O) groups excluding carboxylic acids is 2. The normalized spacial score (nSPS) is 10.9. The van der Waals surface area contributed by atoms with Crippen LogP contribution in [0.1, 0.15) is 41.4 Å². The Hall–Kier alpha value is -3.35. The van der Waals surface area contributed by atoms with Gasteiger partial charge in [-0.15, -0.1) is 0 Å². The average Bonchev–Trinajstić information content (AvgIpc) is 3.08. The number of carbonyl (C=O) groups is 2. The molecule has 3 aromatic rings. The second kappa shape index (κ2) is 8.56. The summed E-state index contributed by atoms with van der Waals surface area (Å²) in [6.45, 7) is 4.76. The summed E-state index contributed by atoms with van der Waals surface area (Å²) in [5.74, 6) is 0.662. The van der Waals surface area contributed by atoms with Gasteiger partial charge in [0.05, 0.1) is 12.6 Å². The first-order valence-corrected chi connectivity index (χ1v) is 9.20. The van der Waals surface area contributed by atoms with Gasteiger partial charge in [0.15, 0.2) is 5.69 Å². The highest BCUT2D eigenvalue weighted by molar-refractivity contribution is 6.06. The summed E-state index contributed by atoms with van der Waals surface area (Å²) in [6, 6.07) is 12.4. The summed E-state index contributed by atoms with van der Waals surface area (Å²) < 4.78 is 6.74. The number of hydrogen-bond acceptors (Lipinski definition) is 4. The van der Waals surface area contributed by atoms with E-state index in [-0.39, 0.29) is 17.4 Å². The Morgan fingerprint density at radius 2 is 1.86 bits per heavy atom. The van der Waals surface area contributed by atoms with Gasteiger partial charge in [-0.25, -0.2) is 4.98 Å². The van der Waals surface area contributed by atoms with Crippen LogP contribution < -0.4 is 15.4 Å². The van der Waals surface area contributed by atoms with Gasteiger partial charge in [-0.1, -0.05) is 19.9 Å². The Labute approximate surface area is 163 Å². The maximum Gasteiger partial charge on any atom is 0.292 e. The number of fused-ring (bicyclic) bond motifs is 1. The van der Waals surface area contributed by atoms with E-state index in [0.29, 0.717) is 29.4 Å². The summed E-state index contributed by atoms with van der Waals surface area (Å²) in [6.07, 6.45) is 2.60. The second-order valence-electron chi connectivity index (χ2n) is 6.86. The van der Waals surface area contributed by atoms with Gasteiger partial charge in [0.2, 0.25) is 5.82 Å². The van der Waals surface area contributed by atoms with E-state index < -0.39 is 5.91 Å². The van der Waals surface area contributed by atoms with E-state index in [1.807, 2.05) is 6.07 Å². The molecule has 7 nitrogen and oxygen atoms in total. The second-order valence-corrected chi connectivity index (χ2v) is 6.86. The molecule has 0 aliphatic heterocycles. The fourth-order valence-electron chi connectivity index (χ4n) is 2.78. The van der Waals surface area contributed by atoms with Crippen molar-refractivity contribution >= 4 is 23.0 Å². The topological polar surface area (TPSA) is 84.7 Å². The zero-order chi connectivity index (χ0) is 20.1. The highest BCUT2D eigenvalue weighted by Crippen LogP contribution is 2.18. The quantitative estimate of drug-likeness (QED) is 0.658. The number of aromatic nitrogens is 2. The van der Waals surface area contributed by atoms with Crippen LogP contribution in [0, 0.1) is 5.92 Å². The molecule has 2 N–H and O–H groups in total. The van der Waals surface area contributed by atoms with Gasteiger partial charge in [-0.05, 0) is 48.7 Å². The number of anilines is 1. The van der Waals surface area contributed by atoms with Crippen molar-refractivity contribution in [1.29, 1.82) is 0 Å².